The second-order valence-electron chi connectivity index (χ2n) is 3.76. The molecule has 1 aliphatic heterocycles. The molecule has 0 saturated carbocycles. The first-order chi connectivity index (χ1) is 5.74. The van der Waals surface area contributed by atoms with E-state index in [0.29, 0.717) is 6.04 Å². The lowest BCUT2D eigenvalue weighted by atomic mass is 10.2. The first-order valence-electron chi connectivity index (χ1n) is 4.73. The Morgan fingerprint density at radius 3 is 2.83 bits per heavy atom. The van der Waals surface area contributed by atoms with Crippen LogP contribution in [0.2, 0.25) is 0 Å². The summed E-state index contributed by atoms with van der Waals surface area (Å²) in [5.41, 5.74) is 0. The van der Waals surface area contributed by atoms with Crippen LogP contribution >= 0.6 is 0 Å². The molecule has 1 aliphatic rings. The third kappa shape index (κ3) is 2.73. The number of likely N-dealkylation sites (tertiary alicyclic amines) is 1. The van der Waals surface area contributed by atoms with Gasteiger partial charge in [-0.15, -0.1) is 0 Å². The zero-order valence-electron chi connectivity index (χ0n) is 8.16. The second kappa shape index (κ2) is 4.80. The maximum absolute atomic E-state index is 8.72. The summed E-state index contributed by atoms with van der Waals surface area (Å²) in [6, 6.07) is 0.710. The van der Waals surface area contributed by atoms with E-state index in [4.69, 9.17) is 5.11 Å². The average molecular weight is 172 g/mol. The zero-order chi connectivity index (χ0) is 8.97. The molecule has 72 valence electrons. The Bertz CT molecular complexity index is 130. The fraction of sp³-hybridized carbons (Fsp3) is 1.00. The molecule has 1 saturated heterocycles. The molecule has 3 heteroatoms. The summed E-state index contributed by atoms with van der Waals surface area (Å²) in [4.78, 5) is 4.61. The van der Waals surface area contributed by atoms with Gasteiger partial charge >= 0.3 is 0 Å². The van der Waals surface area contributed by atoms with Gasteiger partial charge in [0.15, 0.2) is 0 Å². The topological polar surface area (TPSA) is 26.7 Å². The number of likely N-dealkylation sites (N-methyl/N-ethyl adjacent to an activating group) is 2. The molecule has 0 aromatic carbocycles. The summed E-state index contributed by atoms with van der Waals surface area (Å²) >= 11 is 0. The Morgan fingerprint density at radius 1 is 1.58 bits per heavy atom. The molecule has 12 heavy (non-hydrogen) atoms. The van der Waals surface area contributed by atoms with Crippen LogP contribution in [0.5, 0.6) is 0 Å². The van der Waals surface area contributed by atoms with Crippen LogP contribution in [0, 0.1) is 0 Å². The van der Waals surface area contributed by atoms with Crippen LogP contribution in [0.1, 0.15) is 12.8 Å². The molecular formula is C9H20N2O. The fourth-order valence-electron chi connectivity index (χ4n) is 1.83. The average Bonchev–Trinajstić information content (AvgIpc) is 2.37. The van der Waals surface area contributed by atoms with Gasteiger partial charge in [0.05, 0.1) is 6.61 Å². The monoisotopic (exact) mass is 172 g/mol. The van der Waals surface area contributed by atoms with Gasteiger partial charge in [-0.2, -0.15) is 0 Å². The summed E-state index contributed by atoms with van der Waals surface area (Å²) in [7, 11) is 4.26. The molecule has 0 bridgehead atoms. The number of nitrogens with zero attached hydrogens (tertiary/aromatic N) is 2. The molecule has 0 radical (unpaired) electrons. The lowest BCUT2D eigenvalue weighted by molar-refractivity contribution is 0.181. The highest BCUT2D eigenvalue weighted by molar-refractivity contribution is 4.78. The molecule has 0 aromatic rings. The van der Waals surface area contributed by atoms with E-state index in [0.717, 1.165) is 13.1 Å². The van der Waals surface area contributed by atoms with Crippen molar-refractivity contribution in [1.82, 2.24) is 9.80 Å². The predicted molar refractivity (Wildman–Crippen MR) is 50.2 cm³/mol. The highest BCUT2D eigenvalue weighted by Crippen LogP contribution is 2.14. The summed E-state index contributed by atoms with van der Waals surface area (Å²) in [5.74, 6) is 0. The molecule has 0 aromatic heterocycles. The first-order valence-corrected chi connectivity index (χ1v) is 4.73. The van der Waals surface area contributed by atoms with Gasteiger partial charge in [-0.25, -0.2) is 0 Å². The molecule has 0 aliphatic carbocycles. The van der Waals surface area contributed by atoms with Crippen molar-refractivity contribution in [1.29, 1.82) is 0 Å². The van der Waals surface area contributed by atoms with E-state index in [1.807, 2.05) is 0 Å². The quantitative estimate of drug-likeness (QED) is 0.647. The Morgan fingerprint density at radius 2 is 2.33 bits per heavy atom. The predicted octanol–water partition coefficient (Wildman–Crippen LogP) is 0.00470. The maximum atomic E-state index is 8.72. The summed E-state index contributed by atoms with van der Waals surface area (Å²) in [6.45, 7) is 3.39. The standard InChI is InChI=1S/C9H20N2O/c1-10(6-7-12)8-9-4-3-5-11(9)2/h9,12H,3-8H2,1-2H3. The van der Waals surface area contributed by atoms with Crippen molar-refractivity contribution < 1.29 is 5.11 Å². The highest BCUT2D eigenvalue weighted by Gasteiger charge is 2.21. The smallest absolute Gasteiger partial charge is 0.0558 e. The van der Waals surface area contributed by atoms with Gasteiger partial charge in [0, 0.05) is 19.1 Å². The van der Waals surface area contributed by atoms with Crippen molar-refractivity contribution in [2.45, 2.75) is 18.9 Å². The van der Waals surface area contributed by atoms with Crippen LogP contribution in [0.3, 0.4) is 0 Å². The molecule has 1 atom stereocenters. The number of rotatable bonds is 4. The fourth-order valence-corrected chi connectivity index (χ4v) is 1.83. The molecule has 1 fully saturated rings. The van der Waals surface area contributed by atoms with Crippen molar-refractivity contribution >= 4 is 0 Å². The Labute approximate surface area is 75.0 Å². The third-order valence-corrected chi connectivity index (χ3v) is 2.68. The van der Waals surface area contributed by atoms with Crippen LogP contribution in [0.25, 0.3) is 0 Å². The molecule has 1 rings (SSSR count). The van der Waals surface area contributed by atoms with Gasteiger partial charge in [-0.1, -0.05) is 0 Å². The normalized spacial score (nSPS) is 25.5. The Balaban J connectivity index is 2.20. The van der Waals surface area contributed by atoms with E-state index >= 15 is 0 Å². The second-order valence-corrected chi connectivity index (χ2v) is 3.76. The maximum Gasteiger partial charge on any atom is 0.0558 e. The summed E-state index contributed by atoms with van der Waals surface area (Å²) in [5, 5.41) is 8.72. The van der Waals surface area contributed by atoms with Gasteiger partial charge < -0.3 is 14.9 Å². The van der Waals surface area contributed by atoms with Gasteiger partial charge in [-0.3, -0.25) is 0 Å². The molecule has 3 nitrogen and oxygen atoms in total. The number of aliphatic hydroxyl groups excluding tert-OH is 1. The zero-order valence-corrected chi connectivity index (χ0v) is 8.16. The van der Waals surface area contributed by atoms with Gasteiger partial charge in [0.2, 0.25) is 0 Å². The molecule has 0 spiro atoms. The van der Waals surface area contributed by atoms with E-state index in [1.165, 1.54) is 19.4 Å². The highest BCUT2D eigenvalue weighted by atomic mass is 16.3. The van der Waals surface area contributed by atoms with E-state index < -0.39 is 0 Å². The van der Waals surface area contributed by atoms with Gasteiger partial charge in [0.25, 0.3) is 0 Å². The largest absolute Gasteiger partial charge is 0.395 e. The number of hydrogen-bond acceptors (Lipinski definition) is 3. The molecule has 0 amide bonds. The number of hydrogen-bond donors (Lipinski definition) is 1. The minimum atomic E-state index is 0.271. The first kappa shape index (κ1) is 9.96. The van der Waals surface area contributed by atoms with E-state index in [9.17, 15) is 0 Å². The minimum Gasteiger partial charge on any atom is -0.395 e. The van der Waals surface area contributed by atoms with Gasteiger partial charge in [-0.05, 0) is 33.5 Å². The van der Waals surface area contributed by atoms with E-state index in [-0.39, 0.29) is 6.61 Å². The van der Waals surface area contributed by atoms with Crippen LogP contribution in [0.15, 0.2) is 0 Å². The lowest BCUT2D eigenvalue weighted by Crippen LogP contribution is -2.37. The third-order valence-electron chi connectivity index (χ3n) is 2.68. The Hall–Kier alpha value is -0.120. The Kier molecular flexibility index (Phi) is 3.98. The van der Waals surface area contributed by atoms with Crippen LogP contribution in [-0.4, -0.2) is 61.3 Å². The van der Waals surface area contributed by atoms with Crippen molar-refractivity contribution in [3.63, 3.8) is 0 Å². The van der Waals surface area contributed by atoms with Crippen LogP contribution in [0.4, 0.5) is 0 Å². The lowest BCUT2D eigenvalue weighted by Gasteiger charge is -2.25. The number of aliphatic hydroxyl groups is 1. The van der Waals surface area contributed by atoms with E-state index in [1.54, 1.807) is 0 Å². The van der Waals surface area contributed by atoms with E-state index in [2.05, 4.69) is 23.9 Å². The van der Waals surface area contributed by atoms with Crippen LogP contribution in [-0.2, 0) is 0 Å². The van der Waals surface area contributed by atoms with Crippen molar-refractivity contribution in [2.24, 2.45) is 0 Å². The molecule has 1 heterocycles. The summed E-state index contributed by atoms with van der Waals surface area (Å²) < 4.78 is 0. The SMILES string of the molecule is CN(CCO)CC1CCCN1C. The molecule has 1 unspecified atom stereocenters. The minimum absolute atomic E-state index is 0.271. The van der Waals surface area contributed by atoms with Crippen molar-refractivity contribution in [2.75, 3.05) is 40.3 Å². The summed E-state index contributed by atoms with van der Waals surface area (Å²) in [6.07, 6.45) is 2.64. The molecular weight excluding hydrogens is 152 g/mol. The van der Waals surface area contributed by atoms with Crippen molar-refractivity contribution in [3.05, 3.63) is 0 Å². The van der Waals surface area contributed by atoms with Crippen LogP contribution < -0.4 is 0 Å². The van der Waals surface area contributed by atoms with Crippen molar-refractivity contribution in [3.8, 4) is 0 Å². The molecule has 1 N–H and O–H groups in total. The van der Waals surface area contributed by atoms with Gasteiger partial charge in [0.1, 0.15) is 0 Å².